The first-order valence-corrected chi connectivity index (χ1v) is 8.87. The zero-order valence-electron chi connectivity index (χ0n) is 14.3. The zero-order chi connectivity index (χ0) is 18.8. The molecule has 3 aromatic rings. The van der Waals surface area contributed by atoms with Crippen molar-refractivity contribution >= 4 is 29.1 Å². The highest BCUT2D eigenvalue weighted by molar-refractivity contribution is 6.32. The summed E-state index contributed by atoms with van der Waals surface area (Å²) < 4.78 is 7.06. The quantitative estimate of drug-likeness (QED) is 0.733. The van der Waals surface area contributed by atoms with Gasteiger partial charge in [-0.05, 0) is 30.3 Å². The third-order valence-corrected chi connectivity index (χ3v) is 4.81. The Morgan fingerprint density at radius 1 is 1.37 bits per heavy atom. The molecule has 3 heterocycles. The molecule has 0 aliphatic carbocycles. The van der Waals surface area contributed by atoms with E-state index in [9.17, 15) is 9.59 Å². The van der Waals surface area contributed by atoms with Crippen molar-refractivity contribution in [1.82, 2.24) is 14.5 Å². The van der Waals surface area contributed by atoms with Crippen molar-refractivity contribution in [2.45, 2.75) is 13.0 Å². The number of nitrogens with zero attached hydrogens (tertiary/aromatic N) is 3. The van der Waals surface area contributed by atoms with Crippen molar-refractivity contribution < 1.29 is 14.0 Å². The maximum atomic E-state index is 12.6. The van der Waals surface area contributed by atoms with E-state index in [4.69, 9.17) is 16.0 Å². The molecule has 1 N–H and O–H groups in total. The summed E-state index contributed by atoms with van der Waals surface area (Å²) in [6.45, 7) is 0.743. The summed E-state index contributed by atoms with van der Waals surface area (Å²) in [5.74, 6) is 0.0441. The minimum absolute atomic E-state index is 0.0555. The first-order valence-electron chi connectivity index (χ1n) is 8.49. The Bertz CT molecular complexity index is 954. The van der Waals surface area contributed by atoms with Gasteiger partial charge in [0, 0.05) is 31.0 Å². The number of anilines is 1. The number of furan rings is 1. The number of likely N-dealkylation sites (tertiary alicyclic amines) is 1. The average Bonchev–Trinajstić information content (AvgIpc) is 3.39. The van der Waals surface area contributed by atoms with Crippen molar-refractivity contribution in [2.75, 3.05) is 11.9 Å². The van der Waals surface area contributed by atoms with Crippen LogP contribution in [-0.4, -0.2) is 32.8 Å². The van der Waals surface area contributed by atoms with Gasteiger partial charge in [-0.15, -0.1) is 0 Å². The number of nitrogens with one attached hydrogen (secondary N) is 1. The maximum Gasteiger partial charge on any atom is 0.229 e. The van der Waals surface area contributed by atoms with Crippen molar-refractivity contribution in [3.63, 3.8) is 0 Å². The Kier molecular flexibility index (Phi) is 4.68. The fraction of sp³-hybridized carbons (Fsp3) is 0.211. The van der Waals surface area contributed by atoms with Crippen molar-refractivity contribution in [2.24, 2.45) is 5.92 Å². The lowest BCUT2D eigenvalue weighted by atomic mass is 10.1. The van der Waals surface area contributed by atoms with E-state index in [1.165, 1.54) is 0 Å². The second-order valence-corrected chi connectivity index (χ2v) is 6.79. The van der Waals surface area contributed by atoms with E-state index < -0.39 is 5.92 Å². The molecule has 1 unspecified atom stereocenters. The molecule has 0 radical (unpaired) electrons. The second kappa shape index (κ2) is 7.28. The number of amides is 2. The summed E-state index contributed by atoms with van der Waals surface area (Å²) in [6.07, 6.45) is 6.86. The second-order valence-electron chi connectivity index (χ2n) is 6.38. The number of imidazole rings is 1. The lowest BCUT2D eigenvalue weighted by Gasteiger charge is -2.15. The fourth-order valence-electron chi connectivity index (χ4n) is 3.13. The number of benzene rings is 1. The van der Waals surface area contributed by atoms with Crippen LogP contribution in [0, 0.1) is 5.92 Å². The van der Waals surface area contributed by atoms with E-state index in [1.54, 1.807) is 52.7 Å². The van der Waals surface area contributed by atoms with Crippen LogP contribution in [0.2, 0.25) is 5.02 Å². The van der Waals surface area contributed by atoms with Crippen molar-refractivity contribution in [3.8, 4) is 5.69 Å². The monoisotopic (exact) mass is 384 g/mol. The van der Waals surface area contributed by atoms with Gasteiger partial charge in [0.1, 0.15) is 5.76 Å². The summed E-state index contributed by atoms with van der Waals surface area (Å²) in [7, 11) is 0. The Morgan fingerprint density at radius 3 is 2.96 bits per heavy atom. The van der Waals surface area contributed by atoms with Crippen LogP contribution in [0.5, 0.6) is 0 Å². The number of rotatable bonds is 5. The number of carbonyl (C=O) groups excluding carboxylic acids is 2. The summed E-state index contributed by atoms with van der Waals surface area (Å²) in [6, 6.07) is 8.85. The topological polar surface area (TPSA) is 80.4 Å². The molecular weight excluding hydrogens is 368 g/mol. The van der Waals surface area contributed by atoms with Crippen molar-refractivity contribution in [1.29, 1.82) is 0 Å². The molecule has 0 saturated carbocycles. The SMILES string of the molecule is O=C(Nc1ccc(-n2ccnc2)c(Cl)c1)C1CC(=O)N(Cc2ccco2)C1. The molecule has 8 heteroatoms. The van der Waals surface area contributed by atoms with E-state index in [0.717, 1.165) is 5.69 Å². The minimum atomic E-state index is -0.403. The fourth-order valence-corrected chi connectivity index (χ4v) is 3.41. The largest absolute Gasteiger partial charge is 0.467 e. The molecule has 1 atom stereocenters. The standard InChI is InChI=1S/C19H17ClN4O3/c20-16-9-14(3-4-17(16)23-6-5-21-12-23)22-19(26)13-8-18(25)24(10-13)11-15-2-1-7-27-15/h1-7,9,12-13H,8,10-11H2,(H,22,26). The third-order valence-electron chi connectivity index (χ3n) is 4.51. The lowest BCUT2D eigenvalue weighted by molar-refractivity contribution is -0.128. The molecule has 7 nitrogen and oxygen atoms in total. The van der Waals surface area contributed by atoms with Gasteiger partial charge in [0.25, 0.3) is 0 Å². The summed E-state index contributed by atoms with van der Waals surface area (Å²) in [5.41, 5.74) is 1.36. The van der Waals surface area contributed by atoms with Gasteiger partial charge in [-0.25, -0.2) is 4.98 Å². The lowest BCUT2D eigenvalue weighted by Crippen LogP contribution is -2.27. The van der Waals surface area contributed by atoms with Crippen LogP contribution in [0.25, 0.3) is 5.69 Å². The highest BCUT2D eigenvalue weighted by atomic mass is 35.5. The van der Waals surface area contributed by atoms with E-state index in [2.05, 4.69) is 10.3 Å². The van der Waals surface area contributed by atoms with Crippen LogP contribution in [0.4, 0.5) is 5.69 Å². The Balaban J connectivity index is 1.40. The zero-order valence-corrected chi connectivity index (χ0v) is 15.1. The highest BCUT2D eigenvalue weighted by Gasteiger charge is 2.34. The van der Waals surface area contributed by atoms with Gasteiger partial charge in [0.05, 0.1) is 35.8 Å². The third kappa shape index (κ3) is 3.73. The van der Waals surface area contributed by atoms with E-state index >= 15 is 0 Å². The van der Waals surface area contributed by atoms with Crippen LogP contribution in [0.1, 0.15) is 12.2 Å². The van der Waals surface area contributed by atoms with E-state index in [0.29, 0.717) is 29.6 Å². The van der Waals surface area contributed by atoms with Gasteiger partial charge in [-0.2, -0.15) is 0 Å². The Morgan fingerprint density at radius 2 is 2.26 bits per heavy atom. The van der Waals surface area contributed by atoms with Crippen LogP contribution in [0.3, 0.4) is 0 Å². The maximum absolute atomic E-state index is 12.6. The van der Waals surface area contributed by atoms with Crippen molar-refractivity contribution in [3.05, 3.63) is 66.1 Å². The molecule has 1 fully saturated rings. The molecule has 1 saturated heterocycles. The molecule has 138 valence electrons. The molecule has 1 aliphatic rings. The van der Waals surface area contributed by atoms with E-state index in [-0.39, 0.29) is 18.2 Å². The minimum Gasteiger partial charge on any atom is -0.467 e. The molecule has 1 aromatic carbocycles. The van der Waals surface area contributed by atoms with Crippen LogP contribution in [-0.2, 0) is 16.1 Å². The molecule has 2 aromatic heterocycles. The number of hydrogen-bond donors (Lipinski definition) is 1. The molecule has 4 rings (SSSR count). The van der Waals surface area contributed by atoms with Crippen LogP contribution >= 0.6 is 11.6 Å². The molecule has 0 spiro atoms. The normalized spacial score (nSPS) is 16.7. The molecule has 0 bridgehead atoms. The number of aromatic nitrogens is 2. The summed E-state index contributed by atoms with van der Waals surface area (Å²) in [4.78, 5) is 30.4. The van der Waals surface area contributed by atoms with Gasteiger partial charge in [0.15, 0.2) is 0 Å². The smallest absolute Gasteiger partial charge is 0.229 e. The van der Waals surface area contributed by atoms with Gasteiger partial charge >= 0.3 is 0 Å². The Hall–Kier alpha value is -3.06. The summed E-state index contributed by atoms with van der Waals surface area (Å²) >= 11 is 6.32. The first kappa shape index (κ1) is 17.4. The Labute approximate surface area is 160 Å². The van der Waals surface area contributed by atoms with Gasteiger partial charge in [-0.1, -0.05) is 11.6 Å². The van der Waals surface area contributed by atoms with Crippen LogP contribution < -0.4 is 5.32 Å². The van der Waals surface area contributed by atoms with Gasteiger partial charge in [-0.3, -0.25) is 9.59 Å². The first-order chi connectivity index (χ1) is 13.1. The highest BCUT2D eigenvalue weighted by Crippen LogP contribution is 2.26. The average molecular weight is 385 g/mol. The molecule has 1 aliphatic heterocycles. The predicted molar refractivity (Wildman–Crippen MR) is 99.4 cm³/mol. The molecule has 27 heavy (non-hydrogen) atoms. The molecule has 2 amide bonds. The van der Waals surface area contributed by atoms with Crippen LogP contribution in [0.15, 0.2) is 59.7 Å². The molecular formula is C19H17ClN4O3. The summed E-state index contributed by atoms with van der Waals surface area (Å²) in [5, 5.41) is 3.34. The van der Waals surface area contributed by atoms with E-state index in [1.807, 2.05) is 12.1 Å². The number of hydrogen-bond acceptors (Lipinski definition) is 4. The van der Waals surface area contributed by atoms with Gasteiger partial charge in [0.2, 0.25) is 11.8 Å². The number of halogens is 1. The number of carbonyl (C=O) groups is 2. The predicted octanol–water partition coefficient (Wildman–Crippen LogP) is 3.11. The van der Waals surface area contributed by atoms with Gasteiger partial charge < -0.3 is 19.2 Å².